The summed E-state index contributed by atoms with van der Waals surface area (Å²) in [5.41, 5.74) is 10.5. The number of rotatable bonds is 3. The van der Waals surface area contributed by atoms with Crippen molar-refractivity contribution in [2.45, 2.75) is 63.8 Å². The number of primary amides is 1. The first-order valence-corrected chi connectivity index (χ1v) is 8.11. The van der Waals surface area contributed by atoms with Crippen molar-refractivity contribution in [2.24, 2.45) is 5.73 Å². The zero-order valence-electron chi connectivity index (χ0n) is 14.7. The van der Waals surface area contributed by atoms with Crippen LogP contribution in [-0.4, -0.2) is 39.5 Å². The molecule has 1 aromatic rings. The Morgan fingerprint density at radius 2 is 2.12 bits per heavy atom. The molecule has 1 fully saturated rings. The number of ether oxygens (including phenoxy) is 1. The Labute approximate surface area is 146 Å². The third-order valence-corrected chi connectivity index (χ3v) is 4.03. The van der Waals surface area contributed by atoms with Crippen molar-refractivity contribution >= 4 is 17.8 Å². The summed E-state index contributed by atoms with van der Waals surface area (Å²) in [6, 6.07) is -0.757. The molecule has 9 nitrogen and oxygen atoms in total. The lowest BCUT2D eigenvalue weighted by Gasteiger charge is -2.30. The molecule has 1 heterocycles. The van der Waals surface area contributed by atoms with Gasteiger partial charge in [-0.1, -0.05) is 0 Å². The number of amides is 2. The van der Waals surface area contributed by atoms with Gasteiger partial charge in [-0.3, -0.25) is 9.48 Å². The zero-order chi connectivity index (χ0) is 18.8. The Balaban J connectivity index is 2.05. The highest BCUT2D eigenvalue weighted by atomic mass is 16.6. The predicted octanol–water partition coefficient (Wildman–Crippen LogP) is 1.47. The summed E-state index contributed by atoms with van der Waals surface area (Å²) < 4.78 is 6.80. The molecule has 0 aromatic carbocycles. The van der Waals surface area contributed by atoms with E-state index in [4.69, 9.17) is 22.8 Å². The van der Waals surface area contributed by atoms with Gasteiger partial charge in [0, 0.05) is 18.7 Å². The Morgan fingerprint density at radius 1 is 1.44 bits per heavy atom. The third-order valence-electron chi connectivity index (χ3n) is 4.03. The maximum Gasteiger partial charge on any atom is 0.407 e. The van der Waals surface area contributed by atoms with E-state index < -0.39 is 23.6 Å². The van der Waals surface area contributed by atoms with Gasteiger partial charge in [0.1, 0.15) is 17.2 Å². The van der Waals surface area contributed by atoms with Gasteiger partial charge in [-0.05, 0) is 33.6 Å². The Kier molecular flexibility index (Phi) is 5.21. The van der Waals surface area contributed by atoms with Crippen LogP contribution in [0.2, 0.25) is 0 Å². The third kappa shape index (κ3) is 4.62. The van der Waals surface area contributed by atoms with Crippen LogP contribution in [0.4, 0.5) is 10.6 Å². The number of carbonyl (C=O) groups is 2. The predicted molar refractivity (Wildman–Crippen MR) is 91.6 cm³/mol. The number of nitrogens with one attached hydrogen (secondary N) is 1. The van der Waals surface area contributed by atoms with Gasteiger partial charge in [-0.25, -0.2) is 11.4 Å². The van der Waals surface area contributed by atoms with E-state index in [1.807, 2.05) is 0 Å². The molecule has 1 aliphatic carbocycles. The molecule has 2 rings (SSSR count). The van der Waals surface area contributed by atoms with E-state index in [1.165, 1.54) is 6.20 Å². The van der Waals surface area contributed by atoms with Crippen molar-refractivity contribution in [3.63, 3.8) is 0 Å². The van der Waals surface area contributed by atoms with E-state index in [9.17, 15) is 9.59 Å². The molecule has 0 bridgehead atoms. The smallest absolute Gasteiger partial charge is 0.407 e. The number of aromatic nitrogens is 2. The van der Waals surface area contributed by atoms with E-state index in [-0.39, 0.29) is 23.5 Å². The van der Waals surface area contributed by atoms with Crippen molar-refractivity contribution in [2.75, 3.05) is 5.73 Å². The number of alkyl carbamates (subject to hydrolysis) is 1. The van der Waals surface area contributed by atoms with E-state index in [0.29, 0.717) is 19.3 Å². The highest BCUT2D eigenvalue weighted by molar-refractivity contribution is 5.96. The average molecular weight is 348 g/mol. The lowest BCUT2D eigenvalue weighted by atomic mass is 9.87. The van der Waals surface area contributed by atoms with Gasteiger partial charge in [0.05, 0.1) is 0 Å². The summed E-state index contributed by atoms with van der Waals surface area (Å²) in [6.07, 6.45) is 2.76. The Morgan fingerprint density at radius 3 is 2.64 bits per heavy atom. The van der Waals surface area contributed by atoms with Crippen molar-refractivity contribution in [3.05, 3.63) is 23.2 Å². The molecule has 1 aromatic heterocycles. The SMILES string of the molecule is [C-]#[N+][C@@H]1C[C@@H](NC(=O)OC(C)(C)C)CC[C@H]1n1cc(C(N)=O)c(N)n1. The highest BCUT2D eigenvalue weighted by Gasteiger charge is 2.38. The first kappa shape index (κ1) is 18.6. The molecule has 1 saturated carbocycles. The van der Waals surface area contributed by atoms with E-state index >= 15 is 0 Å². The fourth-order valence-corrected chi connectivity index (χ4v) is 2.95. The van der Waals surface area contributed by atoms with Crippen molar-refractivity contribution in [1.82, 2.24) is 15.1 Å². The monoisotopic (exact) mass is 348 g/mol. The molecular formula is C16H24N6O3. The summed E-state index contributed by atoms with van der Waals surface area (Å²) in [4.78, 5) is 26.9. The van der Waals surface area contributed by atoms with Crippen LogP contribution >= 0.6 is 0 Å². The van der Waals surface area contributed by atoms with Gasteiger partial charge in [0.2, 0.25) is 6.04 Å². The number of hydrogen-bond donors (Lipinski definition) is 3. The Bertz CT molecular complexity index is 700. The number of carbonyl (C=O) groups excluding carboxylic acids is 2. The molecule has 9 heteroatoms. The van der Waals surface area contributed by atoms with Crippen molar-refractivity contribution < 1.29 is 14.3 Å². The van der Waals surface area contributed by atoms with Crippen LogP contribution in [0.1, 0.15) is 56.4 Å². The van der Waals surface area contributed by atoms with Crippen LogP contribution in [0.25, 0.3) is 4.85 Å². The number of hydrogen-bond acceptors (Lipinski definition) is 5. The van der Waals surface area contributed by atoms with Crippen LogP contribution < -0.4 is 16.8 Å². The molecule has 136 valence electrons. The molecule has 1 aliphatic rings. The minimum atomic E-state index is -0.650. The molecular weight excluding hydrogens is 324 g/mol. The second-order valence-corrected chi connectivity index (χ2v) is 7.19. The fraction of sp³-hybridized carbons (Fsp3) is 0.625. The number of nitrogens with two attached hydrogens (primary N) is 2. The van der Waals surface area contributed by atoms with Gasteiger partial charge in [-0.15, -0.1) is 0 Å². The molecule has 0 saturated heterocycles. The molecule has 0 spiro atoms. The number of nitrogens with zero attached hydrogens (tertiary/aromatic N) is 3. The molecule has 0 unspecified atom stereocenters. The molecule has 25 heavy (non-hydrogen) atoms. The van der Waals surface area contributed by atoms with Gasteiger partial charge < -0.3 is 26.4 Å². The fourth-order valence-electron chi connectivity index (χ4n) is 2.95. The standard InChI is InChI=1S/C16H24N6O3/c1-16(2,3)25-15(24)20-9-5-6-12(11(7-9)19-4)22-8-10(14(18)23)13(17)21-22/h8-9,11-12H,5-7H2,1-3H3,(H2,17,21)(H2,18,23)(H,20,24)/t9-,11+,12+/m0/s1. The quantitative estimate of drug-likeness (QED) is 0.712. The average Bonchev–Trinajstić information content (AvgIpc) is 2.87. The van der Waals surface area contributed by atoms with Crippen LogP contribution in [0.15, 0.2) is 6.20 Å². The lowest BCUT2D eigenvalue weighted by molar-refractivity contribution is 0.0486. The van der Waals surface area contributed by atoms with E-state index in [0.717, 1.165) is 0 Å². The molecule has 0 aliphatic heterocycles. The minimum absolute atomic E-state index is 0.0604. The van der Waals surface area contributed by atoms with E-state index in [1.54, 1.807) is 25.5 Å². The topological polar surface area (TPSA) is 130 Å². The molecule has 0 radical (unpaired) electrons. The van der Waals surface area contributed by atoms with Gasteiger partial charge in [0.25, 0.3) is 5.91 Å². The summed E-state index contributed by atoms with van der Waals surface area (Å²) in [5.74, 6) is -0.589. The first-order chi connectivity index (χ1) is 11.6. The summed E-state index contributed by atoms with van der Waals surface area (Å²) in [5, 5.41) is 6.94. The minimum Gasteiger partial charge on any atom is -0.444 e. The summed E-state index contributed by atoms with van der Waals surface area (Å²) in [7, 11) is 0. The van der Waals surface area contributed by atoms with Crippen LogP contribution in [-0.2, 0) is 4.74 Å². The zero-order valence-corrected chi connectivity index (χ0v) is 14.7. The number of nitrogen functional groups attached to an aromatic ring is 1. The van der Waals surface area contributed by atoms with Crippen molar-refractivity contribution in [3.8, 4) is 0 Å². The number of anilines is 1. The normalized spacial score (nSPS) is 23.5. The summed E-state index contributed by atoms with van der Waals surface area (Å²) in [6.45, 7) is 12.8. The van der Waals surface area contributed by atoms with Crippen molar-refractivity contribution in [1.29, 1.82) is 0 Å². The highest BCUT2D eigenvalue weighted by Crippen LogP contribution is 2.32. The second-order valence-electron chi connectivity index (χ2n) is 7.19. The van der Waals surface area contributed by atoms with Gasteiger partial charge in [-0.2, -0.15) is 5.10 Å². The van der Waals surface area contributed by atoms with Gasteiger partial charge in [0.15, 0.2) is 5.82 Å². The van der Waals surface area contributed by atoms with E-state index in [2.05, 4.69) is 15.3 Å². The lowest BCUT2D eigenvalue weighted by Crippen LogP contribution is -2.44. The largest absolute Gasteiger partial charge is 0.444 e. The molecule has 2 amide bonds. The van der Waals surface area contributed by atoms with Gasteiger partial charge >= 0.3 is 6.09 Å². The molecule has 5 N–H and O–H groups in total. The Hall–Kier alpha value is -2.76. The second kappa shape index (κ2) is 7.01. The summed E-state index contributed by atoms with van der Waals surface area (Å²) >= 11 is 0. The maximum atomic E-state index is 11.9. The molecule has 3 atom stereocenters. The van der Waals surface area contributed by atoms with Crippen LogP contribution in [0, 0.1) is 6.57 Å². The maximum absolute atomic E-state index is 11.9. The van der Waals surface area contributed by atoms with Crippen LogP contribution in [0.3, 0.4) is 0 Å². The van der Waals surface area contributed by atoms with Crippen LogP contribution in [0.5, 0.6) is 0 Å². The first-order valence-electron chi connectivity index (χ1n) is 8.11.